The number of halogens is 1. The smallest absolute Gasteiger partial charge is 0.242 e. The predicted octanol–water partition coefficient (Wildman–Crippen LogP) is 5.62. The molecule has 0 aliphatic carbocycles. The van der Waals surface area contributed by atoms with Gasteiger partial charge in [0.05, 0.1) is 44.1 Å². The summed E-state index contributed by atoms with van der Waals surface area (Å²) in [5.41, 5.74) is 1.04. The van der Waals surface area contributed by atoms with E-state index in [0.29, 0.717) is 32.5 Å². The van der Waals surface area contributed by atoms with Crippen LogP contribution in [0.4, 0.5) is 4.39 Å². The van der Waals surface area contributed by atoms with E-state index in [4.69, 9.17) is 14.6 Å². The molecule has 1 aromatic rings. The molecule has 0 fully saturated rings. The maximum Gasteiger partial charge on any atom is 0.242 e. The van der Waals surface area contributed by atoms with Crippen LogP contribution in [0.25, 0.3) is 0 Å². The Bertz CT molecular complexity index is 1090. The number of aldehydes is 1. The van der Waals surface area contributed by atoms with Crippen molar-refractivity contribution in [2.75, 3.05) is 55.7 Å². The first-order valence-electron chi connectivity index (χ1n) is 20.7. The van der Waals surface area contributed by atoms with Crippen molar-refractivity contribution in [2.24, 2.45) is 23.7 Å². The summed E-state index contributed by atoms with van der Waals surface area (Å²) in [4.78, 5) is 58.7. The van der Waals surface area contributed by atoms with Crippen LogP contribution in [-0.4, -0.2) is 127 Å². The van der Waals surface area contributed by atoms with Crippen LogP contribution >= 0.6 is 0 Å². The average Bonchev–Trinajstić information content (AvgIpc) is 3.23. The molecule has 7 unspecified atom stereocenters. The first-order valence-corrected chi connectivity index (χ1v) is 20.7. The highest BCUT2D eigenvalue weighted by Gasteiger charge is 2.36. The highest BCUT2D eigenvalue weighted by atomic mass is 19.1. The van der Waals surface area contributed by atoms with Gasteiger partial charge in [-0.05, 0) is 62.0 Å². The number of alkyl halides is 1. The number of hydrogen-bond acceptors (Lipinski definition) is 9. The average molecular weight is 832 g/mol. The molecule has 0 aromatic heterocycles. The molecular formula is C44H86FN5O8. The van der Waals surface area contributed by atoms with E-state index in [-0.39, 0.29) is 60.4 Å². The van der Waals surface area contributed by atoms with Crippen molar-refractivity contribution >= 4 is 30.9 Å². The van der Waals surface area contributed by atoms with Gasteiger partial charge in [-0.25, -0.2) is 0 Å². The van der Waals surface area contributed by atoms with Crippen LogP contribution < -0.4 is 21.3 Å². The van der Waals surface area contributed by atoms with E-state index in [9.17, 15) is 28.4 Å². The van der Waals surface area contributed by atoms with Crippen LogP contribution in [0.5, 0.6) is 0 Å². The number of nitrogens with one attached hydrogen (secondary N) is 4. The Labute approximate surface area is 352 Å². The van der Waals surface area contributed by atoms with Crippen LogP contribution in [0, 0.1) is 23.7 Å². The third-order valence-electron chi connectivity index (χ3n) is 9.08. The minimum Gasteiger partial charge on any atom is -0.400 e. The summed E-state index contributed by atoms with van der Waals surface area (Å²) >= 11 is 0. The second kappa shape index (κ2) is 44.6. The molecular weight excluding hydrogens is 746 g/mol. The molecule has 4 amide bonds. The van der Waals surface area contributed by atoms with Gasteiger partial charge in [-0.2, -0.15) is 0 Å². The van der Waals surface area contributed by atoms with E-state index in [1.165, 1.54) is 6.42 Å². The van der Waals surface area contributed by atoms with Gasteiger partial charge in [-0.3, -0.25) is 23.6 Å². The number of aliphatic hydroxyl groups is 1. The number of aliphatic hydroxyl groups excluding tert-OH is 1. The van der Waals surface area contributed by atoms with Crippen molar-refractivity contribution in [3.05, 3.63) is 35.9 Å². The molecule has 0 saturated carbocycles. The zero-order valence-electron chi connectivity index (χ0n) is 39.1. The molecule has 5 N–H and O–H groups in total. The number of amides is 4. The van der Waals surface area contributed by atoms with Crippen LogP contribution in [0.15, 0.2) is 30.3 Å². The van der Waals surface area contributed by atoms with Gasteiger partial charge in [0.1, 0.15) is 6.29 Å². The zero-order valence-corrected chi connectivity index (χ0v) is 39.1. The number of likely N-dealkylation sites (N-methyl/N-ethyl adjacent to an activating group) is 2. The normalized spacial score (nSPS) is 13.6. The van der Waals surface area contributed by atoms with Crippen molar-refractivity contribution in [1.82, 2.24) is 26.2 Å². The second-order valence-corrected chi connectivity index (χ2v) is 14.0. The number of carbonyl (C=O) groups is 5. The van der Waals surface area contributed by atoms with Gasteiger partial charge in [0, 0.05) is 34.9 Å². The third kappa shape index (κ3) is 29.7. The van der Waals surface area contributed by atoms with Crippen molar-refractivity contribution in [1.29, 1.82) is 0 Å². The van der Waals surface area contributed by atoms with Crippen molar-refractivity contribution in [2.45, 2.75) is 138 Å². The fraction of sp³-hybridized carbons (Fsp3) is 0.750. The Morgan fingerprint density at radius 3 is 1.84 bits per heavy atom. The van der Waals surface area contributed by atoms with E-state index >= 15 is 0 Å². The van der Waals surface area contributed by atoms with E-state index < -0.39 is 6.04 Å². The highest BCUT2D eigenvalue weighted by molar-refractivity contribution is 5.87. The summed E-state index contributed by atoms with van der Waals surface area (Å²) < 4.78 is 21.4. The maximum absolute atomic E-state index is 13.2. The third-order valence-corrected chi connectivity index (χ3v) is 9.08. The zero-order chi connectivity index (χ0) is 46.1. The van der Waals surface area contributed by atoms with Crippen LogP contribution in [0.3, 0.4) is 0 Å². The van der Waals surface area contributed by atoms with Crippen molar-refractivity contribution in [3.63, 3.8) is 0 Å². The van der Waals surface area contributed by atoms with Gasteiger partial charge in [-0.15, -0.1) is 0 Å². The lowest BCUT2D eigenvalue weighted by atomic mass is 9.81. The highest BCUT2D eigenvalue weighted by Crippen LogP contribution is 2.30. The van der Waals surface area contributed by atoms with E-state index in [1.807, 2.05) is 58.0 Å². The second-order valence-electron chi connectivity index (χ2n) is 14.0. The number of benzene rings is 1. The molecule has 0 spiro atoms. The van der Waals surface area contributed by atoms with Gasteiger partial charge >= 0.3 is 0 Å². The predicted molar refractivity (Wildman–Crippen MR) is 236 cm³/mol. The number of nitrogens with zero attached hydrogens (tertiary/aromatic N) is 1. The summed E-state index contributed by atoms with van der Waals surface area (Å²) in [5.74, 6) is 0.495. The fourth-order valence-electron chi connectivity index (χ4n) is 6.30. The molecule has 0 bridgehead atoms. The van der Waals surface area contributed by atoms with Crippen LogP contribution in [0.2, 0.25) is 0 Å². The van der Waals surface area contributed by atoms with Crippen LogP contribution in [0.1, 0.15) is 107 Å². The van der Waals surface area contributed by atoms with E-state index in [2.05, 4.69) is 62.8 Å². The lowest BCUT2D eigenvalue weighted by Gasteiger charge is -2.40. The molecule has 0 radical (unpaired) electrons. The molecule has 7 atom stereocenters. The number of carbonyl (C=O) groups excluding carboxylic acids is 5. The monoisotopic (exact) mass is 832 g/mol. The van der Waals surface area contributed by atoms with E-state index in [0.717, 1.165) is 51.1 Å². The topological polar surface area (TPSA) is 175 Å². The molecule has 0 aliphatic rings. The van der Waals surface area contributed by atoms with Gasteiger partial charge in [0.2, 0.25) is 24.6 Å². The van der Waals surface area contributed by atoms with Gasteiger partial charge in [0.15, 0.2) is 0 Å². The number of ether oxygens (including phenoxy) is 2. The first-order chi connectivity index (χ1) is 27.8. The van der Waals surface area contributed by atoms with Crippen molar-refractivity contribution in [3.8, 4) is 0 Å². The molecule has 58 heavy (non-hydrogen) atoms. The summed E-state index contributed by atoms with van der Waals surface area (Å²) in [6.45, 7) is 21.3. The molecule has 342 valence electrons. The Kier molecular flexibility index (Phi) is 49.0. The Hall–Kier alpha value is -3.46. The number of hydrogen-bond donors (Lipinski definition) is 5. The van der Waals surface area contributed by atoms with Gasteiger partial charge < -0.3 is 45.5 Å². The minimum absolute atomic E-state index is 0.0336. The van der Waals surface area contributed by atoms with Gasteiger partial charge in [-0.1, -0.05) is 112 Å². The standard InChI is InChI=1S/C27H54N4O5.C10H11NO2.C3H8.C2H6.CH3F.CH4O/c1-11-20(6)25(31(8)23(33)16-30-27(34)24(28-7)18(2)3)22(35-9)15-21(13-12-14-29-17-32)26(36-10)19(4)5;12-7-10(11-8-13)6-9-4-2-1-3-5-9;1-3-2;3*1-2/h17-22,24-26,28H,11-16H2,1-10H3,(H,29,32)(H,30,34);1-5,7-8,10H,6H2,(H,11,13);3H2,1-2H3;1-2H3;1H3;2H,1H3. The number of rotatable bonds is 25. The molecule has 14 heteroatoms. The molecule has 1 rings (SSSR count). The fourth-order valence-corrected chi connectivity index (χ4v) is 6.30. The SMILES string of the molecule is CC.CCC.CCC(C)C(C(CC(CCCNC=O)C(OC)C(C)C)OC)N(C)C(=O)CNC(=O)C(NC)C(C)C.CF.CO.O=CNC(C=O)Cc1ccccc1. The Balaban J connectivity index is -0.000000348. The van der Waals surface area contributed by atoms with Gasteiger partial charge in [0.25, 0.3) is 0 Å². The largest absolute Gasteiger partial charge is 0.400 e. The Morgan fingerprint density at radius 1 is 0.897 bits per heavy atom. The maximum atomic E-state index is 13.2. The lowest BCUT2D eigenvalue weighted by Crippen LogP contribution is -2.54. The molecule has 13 nitrogen and oxygen atoms in total. The molecule has 0 heterocycles. The summed E-state index contributed by atoms with van der Waals surface area (Å²) in [6.07, 6.45) is 6.95. The summed E-state index contributed by atoms with van der Waals surface area (Å²) in [6, 6.07) is 8.63. The van der Waals surface area contributed by atoms with Crippen LogP contribution in [-0.2, 0) is 39.9 Å². The summed E-state index contributed by atoms with van der Waals surface area (Å²) in [5, 5.41) is 18.0. The van der Waals surface area contributed by atoms with Crippen molar-refractivity contribution < 1.29 is 42.9 Å². The van der Waals surface area contributed by atoms with E-state index in [1.54, 1.807) is 33.2 Å². The Morgan fingerprint density at radius 2 is 1.45 bits per heavy atom. The molecule has 0 saturated heterocycles. The number of methoxy groups -OCH3 is 2. The molecule has 0 aliphatic heterocycles. The minimum atomic E-state index is -0.417. The first kappa shape index (κ1) is 63.7. The molecule has 1 aromatic carbocycles. The lowest BCUT2D eigenvalue weighted by molar-refractivity contribution is -0.139. The summed E-state index contributed by atoms with van der Waals surface area (Å²) in [7, 11) is 8.48. The quantitative estimate of drug-likeness (QED) is 0.0619.